The third-order valence-electron chi connectivity index (χ3n) is 3.87. The number of hydrogen-bond acceptors (Lipinski definition) is 4. The van der Waals surface area contributed by atoms with Gasteiger partial charge in [0.1, 0.15) is 6.04 Å². The highest BCUT2D eigenvalue weighted by atomic mass is 16.5. The third-order valence-corrected chi connectivity index (χ3v) is 3.87. The first kappa shape index (κ1) is 17.9. The van der Waals surface area contributed by atoms with E-state index in [1.165, 1.54) is 6.92 Å². The van der Waals surface area contributed by atoms with Crippen LogP contribution in [0.3, 0.4) is 0 Å². The predicted octanol–water partition coefficient (Wildman–Crippen LogP) is 0.374. The lowest BCUT2D eigenvalue weighted by Gasteiger charge is -2.41. The summed E-state index contributed by atoms with van der Waals surface area (Å²) in [5, 5.41) is 5.68. The van der Waals surface area contributed by atoms with E-state index in [0.717, 1.165) is 26.3 Å². The highest BCUT2D eigenvalue weighted by Crippen LogP contribution is 2.15. The number of amides is 2. The van der Waals surface area contributed by atoms with E-state index in [2.05, 4.69) is 29.4 Å². The van der Waals surface area contributed by atoms with Gasteiger partial charge < -0.3 is 15.4 Å². The predicted molar refractivity (Wildman–Crippen MR) is 81.9 cm³/mol. The Balaban J connectivity index is 2.54. The minimum atomic E-state index is -0.483. The van der Waals surface area contributed by atoms with Crippen LogP contribution in [0.5, 0.6) is 0 Å². The van der Waals surface area contributed by atoms with E-state index in [4.69, 9.17) is 4.74 Å². The number of nitrogens with zero attached hydrogens (tertiary/aromatic N) is 1. The normalized spacial score (nSPS) is 18.4. The van der Waals surface area contributed by atoms with Crippen LogP contribution in [0.2, 0.25) is 0 Å². The zero-order chi connectivity index (χ0) is 16.0. The van der Waals surface area contributed by atoms with Gasteiger partial charge in [-0.15, -0.1) is 0 Å². The fourth-order valence-electron chi connectivity index (χ4n) is 2.45. The summed E-state index contributed by atoms with van der Waals surface area (Å²) in [5.74, 6) is -0.252. The van der Waals surface area contributed by atoms with Crippen LogP contribution < -0.4 is 10.6 Å². The number of nitrogens with one attached hydrogen (secondary N) is 2. The Morgan fingerprint density at radius 1 is 1.24 bits per heavy atom. The highest BCUT2D eigenvalue weighted by Gasteiger charge is 2.30. The zero-order valence-corrected chi connectivity index (χ0v) is 13.9. The number of rotatable bonds is 6. The number of carbonyl (C=O) groups is 2. The summed E-state index contributed by atoms with van der Waals surface area (Å²) < 4.78 is 5.36. The first-order valence-electron chi connectivity index (χ1n) is 7.61. The van der Waals surface area contributed by atoms with Gasteiger partial charge in [-0.1, -0.05) is 13.8 Å². The van der Waals surface area contributed by atoms with Crippen LogP contribution in [0.4, 0.5) is 0 Å². The second-order valence-corrected chi connectivity index (χ2v) is 6.55. The molecule has 6 nitrogen and oxygen atoms in total. The number of hydrogen-bond donors (Lipinski definition) is 2. The third kappa shape index (κ3) is 5.63. The molecule has 0 aromatic rings. The van der Waals surface area contributed by atoms with Gasteiger partial charge >= 0.3 is 0 Å². The highest BCUT2D eigenvalue weighted by molar-refractivity contribution is 5.87. The second kappa shape index (κ2) is 7.75. The Morgan fingerprint density at radius 2 is 1.81 bits per heavy atom. The summed E-state index contributed by atoms with van der Waals surface area (Å²) in [6.07, 6.45) is 0. The lowest BCUT2D eigenvalue weighted by atomic mass is 10.00. The van der Waals surface area contributed by atoms with Crippen molar-refractivity contribution < 1.29 is 14.3 Å². The number of carbonyl (C=O) groups excluding carboxylic acids is 2. The molecule has 1 aliphatic heterocycles. The molecule has 0 radical (unpaired) electrons. The van der Waals surface area contributed by atoms with Crippen LogP contribution in [0.25, 0.3) is 0 Å². The summed E-state index contributed by atoms with van der Waals surface area (Å²) in [6.45, 7) is 13.3. The molecule has 1 fully saturated rings. The maximum atomic E-state index is 12.3. The first-order chi connectivity index (χ1) is 9.74. The summed E-state index contributed by atoms with van der Waals surface area (Å²) in [5.41, 5.74) is -0.128. The van der Waals surface area contributed by atoms with Gasteiger partial charge in [0.25, 0.3) is 0 Å². The maximum absolute atomic E-state index is 12.3. The van der Waals surface area contributed by atoms with Crippen molar-refractivity contribution >= 4 is 11.8 Å². The average molecular weight is 299 g/mol. The molecular formula is C15H29N3O3. The summed E-state index contributed by atoms with van der Waals surface area (Å²) >= 11 is 0. The van der Waals surface area contributed by atoms with Gasteiger partial charge in [0.05, 0.1) is 13.2 Å². The molecule has 1 rings (SSSR count). The molecule has 0 bridgehead atoms. The van der Waals surface area contributed by atoms with E-state index < -0.39 is 6.04 Å². The Morgan fingerprint density at radius 3 is 2.29 bits per heavy atom. The standard InChI is InChI=1S/C15H29N3O3/c1-11(2)13(17-12(3)19)14(20)16-10-15(4,5)18-6-8-21-9-7-18/h11,13H,6-10H2,1-5H3,(H,16,20)(H,17,19). The van der Waals surface area contributed by atoms with E-state index in [1.54, 1.807) is 0 Å². The molecular weight excluding hydrogens is 270 g/mol. The SMILES string of the molecule is CC(=O)NC(C(=O)NCC(C)(C)N1CCOCC1)C(C)C. The molecule has 0 aromatic heterocycles. The van der Waals surface area contributed by atoms with E-state index in [1.807, 2.05) is 13.8 Å². The van der Waals surface area contributed by atoms with Crippen LogP contribution in [0, 0.1) is 5.92 Å². The fourth-order valence-corrected chi connectivity index (χ4v) is 2.45. The van der Waals surface area contributed by atoms with Crippen LogP contribution in [0.1, 0.15) is 34.6 Å². The van der Waals surface area contributed by atoms with Crippen molar-refractivity contribution in [1.82, 2.24) is 15.5 Å². The first-order valence-corrected chi connectivity index (χ1v) is 7.61. The molecule has 1 heterocycles. The van der Waals surface area contributed by atoms with E-state index in [0.29, 0.717) is 6.54 Å². The molecule has 122 valence electrons. The molecule has 6 heteroatoms. The molecule has 1 saturated heterocycles. The molecule has 2 amide bonds. The Hall–Kier alpha value is -1.14. The number of morpholine rings is 1. The Kier molecular flexibility index (Phi) is 6.61. The van der Waals surface area contributed by atoms with Gasteiger partial charge in [0.2, 0.25) is 11.8 Å². The molecule has 2 N–H and O–H groups in total. The lowest BCUT2D eigenvalue weighted by Crippen LogP contribution is -2.58. The Labute approximate surface area is 127 Å². The molecule has 1 aliphatic rings. The van der Waals surface area contributed by atoms with E-state index in [9.17, 15) is 9.59 Å². The minimum Gasteiger partial charge on any atom is -0.379 e. The van der Waals surface area contributed by atoms with Gasteiger partial charge in [0.15, 0.2) is 0 Å². The molecule has 21 heavy (non-hydrogen) atoms. The van der Waals surface area contributed by atoms with E-state index >= 15 is 0 Å². The van der Waals surface area contributed by atoms with Crippen molar-refractivity contribution in [3.63, 3.8) is 0 Å². The Bertz CT molecular complexity index is 363. The summed E-state index contributed by atoms with van der Waals surface area (Å²) in [4.78, 5) is 25.8. The number of ether oxygens (including phenoxy) is 1. The van der Waals surface area contributed by atoms with Gasteiger partial charge in [-0.3, -0.25) is 14.5 Å². The smallest absolute Gasteiger partial charge is 0.242 e. The molecule has 0 spiro atoms. The molecule has 1 atom stereocenters. The summed E-state index contributed by atoms with van der Waals surface area (Å²) in [7, 11) is 0. The van der Waals surface area contributed by atoms with Crippen molar-refractivity contribution in [1.29, 1.82) is 0 Å². The van der Waals surface area contributed by atoms with Gasteiger partial charge in [-0.2, -0.15) is 0 Å². The topological polar surface area (TPSA) is 70.7 Å². The molecule has 0 aliphatic carbocycles. The molecule has 1 unspecified atom stereocenters. The maximum Gasteiger partial charge on any atom is 0.242 e. The zero-order valence-electron chi connectivity index (χ0n) is 13.9. The van der Waals surface area contributed by atoms with Crippen molar-refractivity contribution in [3.8, 4) is 0 Å². The van der Waals surface area contributed by atoms with E-state index in [-0.39, 0.29) is 23.3 Å². The van der Waals surface area contributed by atoms with Gasteiger partial charge in [-0.25, -0.2) is 0 Å². The van der Waals surface area contributed by atoms with Crippen molar-refractivity contribution in [3.05, 3.63) is 0 Å². The molecule has 0 saturated carbocycles. The van der Waals surface area contributed by atoms with Crippen LogP contribution in [-0.2, 0) is 14.3 Å². The van der Waals surface area contributed by atoms with Crippen LogP contribution in [-0.4, -0.2) is 61.1 Å². The average Bonchev–Trinajstić information content (AvgIpc) is 2.43. The van der Waals surface area contributed by atoms with Crippen molar-refractivity contribution in [2.45, 2.75) is 46.2 Å². The molecule has 0 aromatic carbocycles. The summed E-state index contributed by atoms with van der Waals surface area (Å²) in [6, 6.07) is -0.483. The van der Waals surface area contributed by atoms with Crippen LogP contribution >= 0.6 is 0 Å². The van der Waals surface area contributed by atoms with Gasteiger partial charge in [-0.05, 0) is 19.8 Å². The second-order valence-electron chi connectivity index (χ2n) is 6.55. The van der Waals surface area contributed by atoms with Crippen molar-refractivity contribution in [2.75, 3.05) is 32.8 Å². The van der Waals surface area contributed by atoms with Gasteiger partial charge in [0, 0.05) is 32.1 Å². The van der Waals surface area contributed by atoms with Crippen molar-refractivity contribution in [2.24, 2.45) is 5.92 Å². The quantitative estimate of drug-likeness (QED) is 0.743. The minimum absolute atomic E-state index is 0.0559. The largest absolute Gasteiger partial charge is 0.379 e. The monoisotopic (exact) mass is 299 g/mol. The lowest BCUT2D eigenvalue weighted by molar-refractivity contribution is -0.129. The fraction of sp³-hybridized carbons (Fsp3) is 0.867. The van der Waals surface area contributed by atoms with Crippen LogP contribution in [0.15, 0.2) is 0 Å².